The first-order valence-electron chi connectivity index (χ1n) is 13.1. The van der Waals surface area contributed by atoms with Gasteiger partial charge in [0.15, 0.2) is 0 Å². The summed E-state index contributed by atoms with van der Waals surface area (Å²) in [7, 11) is 1.98. The maximum Gasteiger partial charge on any atom is 0.0390 e. The van der Waals surface area contributed by atoms with Crippen LogP contribution >= 0.6 is 0 Å². The van der Waals surface area contributed by atoms with Crippen molar-refractivity contribution in [3.63, 3.8) is 0 Å². The molecule has 0 saturated heterocycles. The largest absolute Gasteiger partial charge is 0.399 e. The summed E-state index contributed by atoms with van der Waals surface area (Å²) in [6.45, 7) is 5.26. The third-order valence-electron chi connectivity index (χ3n) is 6.58. The van der Waals surface area contributed by atoms with Crippen molar-refractivity contribution in [1.82, 2.24) is 5.32 Å². The zero-order valence-electron chi connectivity index (χ0n) is 22.5. The highest BCUT2D eigenvalue weighted by Gasteiger charge is 2.04. The zero-order chi connectivity index (χ0) is 26.7. The number of aryl methyl sites for hydroxylation is 2. The number of nitrogens with two attached hydrogens (primary N) is 1. The third kappa shape index (κ3) is 7.34. The summed E-state index contributed by atoms with van der Waals surface area (Å²) in [4.78, 5) is 0. The minimum Gasteiger partial charge on any atom is -0.399 e. The maximum atomic E-state index is 5.76. The molecule has 4 N–H and O–H groups in total. The minimum atomic E-state index is 0.814. The van der Waals surface area contributed by atoms with E-state index in [9.17, 15) is 0 Å². The highest BCUT2D eigenvalue weighted by Crippen LogP contribution is 2.28. The molecule has 0 aliphatic carbocycles. The summed E-state index contributed by atoms with van der Waals surface area (Å²) in [6, 6.07) is 42.0. The summed E-state index contributed by atoms with van der Waals surface area (Å²) < 4.78 is 0. The van der Waals surface area contributed by atoms with Crippen LogP contribution in [0.1, 0.15) is 16.7 Å². The Bertz CT molecular complexity index is 1430. The minimum absolute atomic E-state index is 0.814. The van der Waals surface area contributed by atoms with Gasteiger partial charge in [0.1, 0.15) is 0 Å². The van der Waals surface area contributed by atoms with E-state index in [1.165, 1.54) is 38.9 Å². The Morgan fingerprint density at radius 3 is 1.68 bits per heavy atom. The summed E-state index contributed by atoms with van der Waals surface area (Å²) in [5, 5.41) is 6.69. The molecule has 3 nitrogen and oxygen atoms in total. The molecule has 0 radical (unpaired) electrons. The summed E-state index contributed by atoms with van der Waals surface area (Å²) in [5.74, 6) is 0. The fourth-order valence-electron chi connectivity index (χ4n) is 4.39. The van der Waals surface area contributed by atoms with Gasteiger partial charge in [-0.25, -0.2) is 0 Å². The van der Waals surface area contributed by atoms with Crippen LogP contribution in [0.5, 0.6) is 0 Å². The monoisotopic (exact) mass is 499 g/mol. The van der Waals surface area contributed by atoms with Crippen molar-refractivity contribution in [3.05, 3.63) is 138 Å². The van der Waals surface area contributed by atoms with Gasteiger partial charge < -0.3 is 16.4 Å². The maximum absolute atomic E-state index is 5.76. The van der Waals surface area contributed by atoms with E-state index in [1.807, 2.05) is 37.4 Å². The zero-order valence-corrected chi connectivity index (χ0v) is 22.5. The number of hydrogen-bond donors (Lipinski definition) is 3. The molecule has 38 heavy (non-hydrogen) atoms. The van der Waals surface area contributed by atoms with E-state index in [1.54, 1.807) is 0 Å². The van der Waals surface area contributed by atoms with Gasteiger partial charge in [-0.15, -0.1) is 0 Å². The van der Waals surface area contributed by atoms with Gasteiger partial charge in [-0.1, -0.05) is 84.9 Å². The van der Waals surface area contributed by atoms with Crippen molar-refractivity contribution in [2.24, 2.45) is 0 Å². The lowest BCUT2D eigenvalue weighted by Crippen LogP contribution is -2.10. The smallest absolute Gasteiger partial charge is 0.0390 e. The average molecular weight is 500 g/mol. The van der Waals surface area contributed by atoms with Gasteiger partial charge in [0.05, 0.1) is 0 Å². The number of nitrogens with one attached hydrogen (secondary N) is 2. The van der Waals surface area contributed by atoms with E-state index in [4.69, 9.17) is 5.73 Å². The van der Waals surface area contributed by atoms with E-state index in [-0.39, 0.29) is 0 Å². The van der Waals surface area contributed by atoms with E-state index in [0.717, 1.165) is 30.0 Å². The molecule has 192 valence electrons. The van der Waals surface area contributed by atoms with Gasteiger partial charge in [-0.3, -0.25) is 0 Å². The van der Waals surface area contributed by atoms with Crippen molar-refractivity contribution in [2.75, 3.05) is 24.6 Å². The number of benzene rings is 5. The molecule has 0 unspecified atom stereocenters. The number of nitrogen functional groups attached to an aromatic ring is 1. The van der Waals surface area contributed by atoms with Gasteiger partial charge in [0.25, 0.3) is 0 Å². The van der Waals surface area contributed by atoms with Crippen molar-refractivity contribution in [3.8, 4) is 22.3 Å². The number of rotatable bonds is 7. The van der Waals surface area contributed by atoms with E-state index in [2.05, 4.69) is 115 Å². The molecule has 0 saturated carbocycles. The molecule has 0 heterocycles. The molecular weight excluding hydrogens is 462 g/mol. The molecule has 0 aromatic heterocycles. The molecule has 0 fully saturated rings. The highest BCUT2D eigenvalue weighted by atomic mass is 14.9. The first-order chi connectivity index (χ1) is 18.5. The lowest BCUT2D eigenvalue weighted by atomic mass is 10.00. The standard InChI is InChI=1S/C22H24N2.C13H13N/c1-17-8-11-21(16-22(17)19-6-4-3-5-7-19)24-20-12-9-18(10-13-20)14-15-23-2;1-10-7-8-12(14)9-13(10)11-5-3-2-4-6-11/h3-13,16,23-24H,14-15H2,1-2H3;2-9H,14H2,1H3. The van der Waals surface area contributed by atoms with E-state index >= 15 is 0 Å². The van der Waals surface area contributed by atoms with Crippen LogP contribution in [-0.2, 0) is 6.42 Å². The number of anilines is 3. The van der Waals surface area contributed by atoms with Crippen LogP contribution in [0.2, 0.25) is 0 Å². The molecule has 0 aliphatic heterocycles. The molecule has 5 aromatic rings. The molecule has 0 atom stereocenters. The molecule has 0 bridgehead atoms. The third-order valence-corrected chi connectivity index (χ3v) is 6.58. The first kappa shape index (κ1) is 26.7. The SMILES string of the molecule is CNCCc1ccc(Nc2ccc(C)c(-c3ccccc3)c2)cc1.Cc1ccc(N)cc1-c1ccccc1. The second kappa shape index (κ2) is 13.3. The van der Waals surface area contributed by atoms with Crippen LogP contribution in [0.25, 0.3) is 22.3 Å². The fourth-order valence-corrected chi connectivity index (χ4v) is 4.39. The van der Waals surface area contributed by atoms with Crippen molar-refractivity contribution in [1.29, 1.82) is 0 Å². The molecular formula is C35H37N3. The van der Waals surface area contributed by atoms with Crippen LogP contribution < -0.4 is 16.4 Å². The van der Waals surface area contributed by atoms with Gasteiger partial charge in [-0.2, -0.15) is 0 Å². The predicted molar refractivity (Wildman–Crippen MR) is 165 cm³/mol. The van der Waals surface area contributed by atoms with Crippen LogP contribution in [0.4, 0.5) is 17.1 Å². The lowest BCUT2D eigenvalue weighted by Gasteiger charge is -2.12. The lowest BCUT2D eigenvalue weighted by molar-refractivity contribution is 0.792. The van der Waals surface area contributed by atoms with Crippen LogP contribution in [0.3, 0.4) is 0 Å². The summed E-state index contributed by atoms with van der Waals surface area (Å²) in [6.07, 6.45) is 1.06. The molecule has 3 heteroatoms. The topological polar surface area (TPSA) is 50.1 Å². The van der Waals surface area contributed by atoms with Crippen molar-refractivity contribution < 1.29 is 0 Å². The molecule has 0 aliphatic rings. The van der Waals surface area contributed by atoms with Gasteiger partial charge in [0, 0.05) is 17.1 Å². The second-order valence-electron chi connectivity index (χ2n) is 9.51. The second-order valence-corrected chi connectivity index (χ2v) is 9.51. The number of likely N-dealkylation sites (N-methyl/N-ethyl adjacent to an activating group) is 1. The van der Waals surface area contributed by atoms with Crippen molar-refractivity contribution in [2.45, 2.75) is 20.3 Å². The summed E-state index contributed by atoms with van der Waals surface area (Å²) >= 11 is 0. The molecule has 5 aromatic carbocycles. The summed E-state index contributed by atoms with van der Waals surface area (Å²) in [5.41, 5.74) is 17.7. The van der Waals surface area contributed by atoms with Crippen LogP contribution in [0.15, 0.2) is 121 Å². The predicted octanol–water partition coefficient (Wildman–Crippen LogP) is 8.41. The molecule has 5 rings (SSSR count). The molecule has 0 spiro atoms. The molecule has 0 amide bonds. The Labute approximate surface area is 227 Å². The highest BCUT2D eigenvalue weighted by molar-refractivity contribution is 5.74. The Balaban J connectivity index is 0.000000204. The van der Waals surface area contributed by atoms with E-state index < -0.39 is 0 Å². The normalized spacial score (nSPS) is 10.4. The Kier molecular flexibility index (Phi) is 9.33. The van der Waals surface area contributed by atoms with Gasteiger partial charge >= 0.3 is 0 Å². The average Bonchev–Trinajstić information content (AvgIpc) is 2.96. The Morgan fingerprint density at radius 1 is 0.579 bits per heavy atom. The fraction of sp³-hybridized carbons (Fsp3) is 0.143. The first-order valence-corrected chi connectivity index (χ1v) is 13.1. The van der Waals surface area contributed by atoms with Gasteiger partial charge in [-0.05, 0) is 109 Å². The Morgan fingerprint density at radius 2 is 1.11 bits per heavy atom. The number of hydrogen-bond acceptors (Lipinski definition) is 3. The van der Waals surface area contributed by atoms with Gasteiger partial charge in [0.2, 0.25) is 0 Å². The van der Waals surface area contributed by atoms with Crippen LogP contribution in [0, 0.1) is 13.8 Å². The van der Waals surface area contributed by atoms with E-state index in [0.29, 0.717) is 0 Å². The van der Waals surface area contributed by atoms with Crippen molar-refractivity contribution >= 4 is 17.1 Å². The Hall–Kier alpha value is -4.34. The van der Waals surface area contributed by atoms with Crippen LogP contribution in [-0.4, -0.2) is 13.6 Å². The quantitative estimate of drug-likeness (QED) is 0.197.